The number of aryl methyl sites for hydroxylation is 1. The molecule has 1 aliphatic heterocycles. The van der Waals surface area contributed by atoms with E-state index in [1.165, 1.54) is 12.1 Å². The lowest BCUT2D eigenvalue weighted by Gasteiger charge is -2.31. The van der Waals surface area contributed by atoms with Gasteiger partial charge in [-0.2, -0.15) is 10.1 Å². The van der Waals surface area contributed by atoms with Crippen molar-refractivity contribution in [2.24, 2.45) is 5.10 Å². The van der Waals surface area contributed by atoms with Gasteiger partial charge in [0.2, 0.25) is 0 Å². The molecule has 0 radical (unpaired) electrons. The van der Waals surface area contributed by atoms with Gasteiger partial charge in [-0.1, -0.05) is 48.9 Å². The molecule has 0 spiro atoms. The number of hydrogen-bond acceptors (Lipinski definition) is 4. The quantitative estimate of drug-likeness (QED) is 0.911. The molecule has 2 aromatic carbocycles. The number of aromatic hydroxyl groups is 1. The van der Waals surface area contributed by atoms with E-state index in [1.807, 2.05) is 26.0 Å². The first-order valence-electron chi connectivity index (χ1n) is 7.94. The molecule has 0 bridgehead atoms. The number of phenolic OH excluding ortho intramolecular Hbond substituents is 1. The maximum Gasteiger partial charge on any atom is 0.280 e. The largest absolute Gasteiger partial charge is 0.507 e. The van der Waals surface area contributed by atoms with Crippen molar-refractivity contribution in [1.29, 1.82) is 0 Å². The summed E-state index contributed by atoms with van der Waals surface area (Å²) in [4.78, 5) is 12.9. The second-order valence-corrected chi connectivity index (χ2v) is 6.01. The summed E-state index contributed by atoms with van der Waals surface area (Å²) in [7, 11) is 0. The number of benzene rings is 2. The van der Waals surface area contributed by atoms with Crippen LogP contribution in [0.4, 0.5) is 0 Å². The van der Waals surface area contributed by atoms with Gasteiger partial charge in [0.05, 0.1) is 5.56 Å². The van der Waals surface area contributed by atoms with Crippen LogP contribution in [-0.2, 0) is 5.72 Å². The summed E-state index contributed by atoms with van der Waals surface area (Å²) in [5, 5.41) is 26.6. The Morgan fingerprint density at radius 3 is 2.50 bits per heavy atom. The fourth-order valence-electron chi connectivity index (χ4n) is 2.84. The van der Waals surface area contributed by atoms with Gasteiger partial charge in [0.1, 0.15) is 5.75 Å². The molecule has 1 unspecified atom stereocenters. The molecule has 0 aromatic heterocycles. The maximum atomic E-state index is 12.9. The molecule has 1 amide bonds. The minimum atomic E-state index is -1.54. The molecular formula is C19H20N2O3. The lowest BCUT2D eigenvalue weighted by atomic mass is 9.95. The zero-order chi connectivity index (χ0) is 17.3. The van der Waals surface area contributed by atoms with E-state index < -0.39 is 11.6 Å². The van der Waals surface area contributed by atoms with Gasteiger partial charge in [0, 0.05) is 17.7 Å². The van der Waals surface area contributed by atoms with E-state index in [9.17, 15) is 15.0 Å². The van der Waals surface area contributed by atoms with Crippen molar-refractivity contribution in [1.82, 2.24) is 5.01 Å². The Hall–Kier alpha value is -2.66. The SMILES string of the molecule is CCC1=NN(C(=O)c2ccccc2O)C(O)(c2ccc(C)cc2)C1. The van der Waals surface area contributed by atoms with Gasteiger partial charge in [-0.15, -0.1) is 0 Å². The second-order valence-electron chi connectivity index (χ2n) is 6.01. The summed E-state index contributed by atoms with van der Waals surface area (Å²) in [5.41, 5.74) is 0.976. The molecule has 5 heteroatoms. The van der Waals surface area contributed by atoms with Crippen molar-refractivity contribution < 1.29 is 15.0 Å². The van der Waals surface area contributed by atoms with Gasteiger partial charge in [0.25, 0.3) is 5.91 Å². The molecule has 0 saturated carbocycles. The normalized spacial score (nSPS) is 20.1. The zero-order valence-corrected chi connectivity index (χ0v) is 13.7. The molecule has 3 rings (SSSR count). The molecule has 0 saturated heterocycles. The van der Waals surface area contributed by atoms with E-state index in [4.69, 9.17) is 0 Å². The summed E-state index contributed by atoms with van der Waals surface area (Å²) in [5.74, 6) is -0.659. The van der Waals surface area contributed by atoms with Crippen LogP contribution in [0.2, 0.25) is 0 Å². The highest BCUT2D eigenvalue weighted by atomic mass is 16.3. The predicted octanol–water partition coefficient (Wildman–Crippen LogP) is 3.16. The van der Waals surface area contributed by atoms with Crippen LogP contribution >= 0.6 is 0 Å². The Morgan fingerprint density at radius 1 is 1.21 bits per heavy atom. The van der Waals surface area contributed by atoms with E-state index in [0.29, 0.717) is 12.0 Å². The molecule has 0 aliphatic carbocycles. The summed E-state index contributed by atoms with van der Waals surface area (Å²) in [6, 6.07) is 13.6. The highest BCUT2D eigenvalue weighted by molar-refractivity contribution is 6.00. The molecule has 2 N–H and O–H groups in total. The summed E-state index contributed by atoms with van der Waals surface area (Å²) >= 11 is 0. The number of para-hydroxylation sites is 1. The van der Waals surface area contributed by atoms with Gasteiger partial charge in [-0.25, -0.2) is 0 Å². The van der Waals surface area contributed by atoms with Gasteiger partial charge >= 0.3 is 0 Å². The number of carbonyl (C=O) groups excluding carboxylic acids is 1. The number of amides is 1. The van der Waals surface area contributed by atoms with E-state index >= 15 is 0 Å². The van der Waals surface area contributed by atoms with Crippen molar-refractivity contribution in [3.05, 3.63) is 65.2 Å². The van der Waals surface area contributed by atoms with Crippen LogP contribution in [0, 0.1) is 6.92 Å². The van der Waals surface area contributed by atoms with Gasteiger partial charge in [-0.05, 0) is 25.5 Å². The molecule has 124 valence electrons. The van der Waals surface area contributed by atoms with Crippen molar-refractivity contribution >= 4 is 11.6 Å². The molecule has 0 fully saturated rings. The van der Waals surface area contributed by atoms with Gasteiger partial charge in [0.15, 0.2) is 5.72 Å². The first-order valence-corrected chi connectivity index (χ1v) is 7.94. The highest BCUT2D eigenvalue weighted by Crippen LogP contribution is 2.38. The Labute approximate surface area is 140 Å². The van der Waals surface area contributed by atoms with Gasteiger partial charge in [-0.3, -0.25) is 4.79 Å². The molecule has 1 aliphatic rings. The fraction of sp³-hybridized carbons (Fsp3) is 0.263. The molecule has 24 heavy (non-hydrogen) atoms. The maximum absolute atomic E-state index is 12.9. The van der Waals surface area contributed by atoms with Crippen LogP contribution in [0.1, 0.15) is 41.3 Å². The summed E-state index contributed by atoms with van der Waals surface area (Å²) in [6.45, 7) is 3.89. The van der Waals surface area contributed by atoms with Crippen LogP contribution in [0.3, 0.4) is 0 Å². The average Bonchev–Trinajstić information content (AvgIpc) is 2.93. The minimum Gasteiger partial charge on any atom is -0.507 e. The van der Waals surface area contributed by atoms with E-state index in [0.717, 1.165) is 16.3 Å². The first-order chi connectivity index (χ1) is 11.5. The molecular weight excluding hydrogens is 304 g/mol. The van der Waals surface area contributed by atoms with Crippen molar-refractivity contribution in [3.63, 3.8) is 0 Å². The van der Waals surface area contributed by atoms with Crippen molar-refractivity contribution in [2.45, 2.75) is 32.4 Å². The Balaban J connectivity index is 2.05. The second kappa shape index (κ2) is 6.09. The Kier molecular flexibility index (Phi) is 4.11. The predicted molar refractivity (Wildman–Crippen MR) is 91.7 cm³/mol. The van der Waals surface area contributed by atoms with E-state index in [1.54, 1.807) is 24.3 Å². The molecule has 1 heterocycles. The van der Waals surface area contributed by atoms with Gasteiger partial charge < -0.3 is 10.2 Å². The number of aliphatic hydroxyl groups is 1. The van der Waals surface area contributed by atoms with Crippen LogP contribution in [0.25, 0.3) is 0 Å². The fourth-order valence-corrected chi connectivity index (χ4v) is 2.84. The molecule has 1 atom stereocenters. The molecule has 2 aromatic rings. The third-order valence-electron chi connectivity index (χ3n) is 4.29. The van der Waals surface area contributed by atoms with E-state index in [-0.39, 0.29) is 17.7 Å². The monoisotopic (exact) mass is 324 g/mol. The highest BCUT2D eigenvalue weighted by Gasteiger charge is 2.46. The Morgan fingerprint density at radius 2 is 1.88 bits per heavy atom. The lowest BCUT2D eigenvalue weighted by molar-refractivity contribution is -0.0766. The topological polar surface area (TPSA) is 73.1 Å². The summed E-state index contributed by atoms with van der Waals surface area (Å²) < 4.78 is 0. The number of phenols is 1. The van der Waals surface area contributed by atoms with Crippen LogP contribution in [0.15, 0.2) is 53.6 Å². The lowest BCUT2D eigenvalue weighted by Crippen LogP contribution is -2.43. The Bertz CT molecular complexity index is 799. The first kappa shape index (κ1) is 16.2. The number of hydrogen-bond donors (Lipinski definition) is 2. The molecule has 5 nitrogen and oxygen atoms in total. The van der Waals surface area contributed by atoms with Crippen LogP contribution in [0.5, 0.6) is 5.75 Å². The number of carbonyl (C=O) groups is 1. The van der Waals surface area contributed by atoms with E-state index in [2.05, 4.69) is 5.10 Å². The average molecular weight is 324 g/mol. The van der Waals surface area contributed by atoms with Crippen molar-refractivity contribution in [2.75, 3.05) is 0 Å². The number of nitrogens with zero attached hydrogens (tertiary/aromatic N) is 2. The minimum absolute atomic E-state index is 0.115. The third kappa shape index (κ3) is 2.67. The summed E-state index contributed by atoms with van der Waals surface area (Å²) in [6.07, 6.45) is 0.893. The van der Waals surface area contributed by atoms with Crippen LogP contribution < -0.4 is 0 Å². The van der Waals surface area contributed by atoms with Crippen molar-refractivity contribution in [3.8, 4) is 5.75 Å². The van der Waals surface area contributed by atoms with Crippen LogP contribution in [-0.4, -0.2) is 26.8 Å². The smallest absolute Gasteiger partial charge is 0.280 e. The number of rotatable bonds is 3. The standard InChI is InChI=1S/C19H20N2O3/c1-3-15-12-19(24,14-10-8-13(2)9-11-14)21(20-15)18(23)16-6-4-5-7-17(16)22/h4-11,22,24H,3,12H2,1-2H3. The number of hydrazone groups is 1. The zero-order valence-electron chi connectivity index (χ0n) is 13.7. The third-order valence-corrected chi connectivity index (χ3v) is 4.29.